The molecule has 2 aromatic carbocycles. The molecule has 140 valence electrons. The van der Waals surface area contributed by atoms with Gasteiger partial charge in [0.05, 0.1) is 5.56 Å². The number of benzene rings is 2. The normalized spacial score (nSPS) is 11.1. The first-order chi connectivity index (χ1) is 13.5. The Labute approximate surface area is 164 Å². The van der Waals surface area contributed by atoms with Crippen molar-refractivity contribution < 1.29 is 24.6 Å². The van der Waals surface area contributed by atoms with Crippen LogP contribution >= 0.6 is 11.3 Å². The molecule has 3 rings (SSSR count). The van der Waals surface area contributed by atoms with Crippen molar-refractivity contribution in [2.75, 3.05) is 0 Å². The third-order valence-corrected chi connectivity index (χ3v) is 4.92. The molecule has 0 bridgehead atoms. The maximum absolute atomic E-state index is 12.2. The molecule has 0 aliphatic heterocycles. The molecule has 1 amide bonds. The first kappa shape index (κ1) is 19.1. The number of carboxylic acid groups (broad SMARTS) is 2. The molecule has 0 spiro atoms. The second-order valence-corrected chi connectivity index (χ2v) is 6.85. The predicted octanol–water partition coefficient (Wildman–Crippen LogP) is 3.97. The number of carbonyl (C=O) groups is 3. The van der Waals surface area contributed by atoms with Crippen LogP contribution in [0.15, 0.2) is 72.4 Å². The molecule has 7 heteroatoms. The average molecular weight is 393 g/mol. The van der Waals surface area contributed by atoms with E-state index in [0.29, 0.717) is 20.9 Å². The van der Waals surface area contributed by atoms with E-state index in [4.69, 9.17) is 0 Å². The Hall–Kier alpha value is -3.71. The summed E-state index contributed by atoms with van der Waals surface area (Å²) in [7, 11) is 0. The van der Waals surface area contributed by atoms with Crippen LogP contribution in [0.1, 0.15) is 25.6 Å². The van der Waals surface area contributed by atoms with Crippen LogP contribution in [0.2, 0.25) is 0 Å². The van der Waals surface area contributed by atoms with Crippen LogP contribution in [0.5, 0.6) is 0 Å². The quantitative estimate of drug-likeness (QED) is 0.550. The Morgan fingerprint density at radius 3 is 2.21 bits per heavy atom. The van der Waals surface area contributed by atoms with Crippen LogP contribution in [0.25, 0.3) is 16.5 Å². The van der Waals surface area contributed by atoms with Gasteiger partial charge in [-0.25, -0.2) is 9.59 Å². The topological polar surface area (TPSA) is 104 Å². The van der Waals surface area contributed by atoms with Gasteiger partial charge in [0, 0.05) is 20.9 Å². The number of aliphatic carboxylic acids is 1. The van der Waals surface area contributed by atoms with Crippen LogP contribution in [0, 0.1) is 0 Å². The summed E-state index contributed by atoms with van der Waals surface area (Å²) in [5.74, 6) is -2.84. The molecule has 0 unspecified atom stereocenters. The molecule has 6 nitrogen and oxygen atoms in total. The molecule has 0 atom stereocenters. The van der Waals surface area contributed by atoms with Crippen LogP contribution in [0.3, 0.4) is 0 Å². The minimum Gasteiger partial charge on any atom is -0.478 e. The van der Waals surface area contributed by atoms with Gasteiger partial charge >= 0.3 is 11.9 Å². The highest BCUT2D eigenvalue weighted by atomic mass is 32.1. The third kappa shape index (κ3) is 4.33. The number of carbonyl (C=O) groups excluding carboxylic acids is 1. The van der Waals surface area contributed by atoms with Gasteiger partial charge in [0.25, 0.3) is 5.91 Å². The highest BCUT2D eigenvalue weighted by Gasteiger charge is 2.15. The first-order valence-corrected chi connectivity index (χ1v) is 9.01. The maximum Gasteiger partial charge on any atom is 0.352 e. The highest BCUT2D eigenvalue weighted by Crippen LogP contribution is 2.31. The summed E-state index contributed by atoms with van der Waals surface area (Å²) in [5, 5.41) is 21.1. The van der Waals surface area contributed by atoms with Crippen molar-refractivity contribution in [2.24, 2.45) is 0 Å². The summed E-state index contributed by atoms with van der Waals surface area (Å²) >= 11 is 1.23. The van der Waals surface area contributed by atoms with Gasteiger partial charge in [0.1, 0.15) is 5.70 Å². The molecule has 3 aromatic rings. The van der Waals surface area contributed by atoms with Crippen LogP contribution in [-0.4, -0.2) is 28.1 Å². The summed E-state index contributed by atoms with van der Waals surface area (Å²) in [4.78, 5) is 36.4. The monoisotopic (exact) mass is 393 g/mol. The Balaban J connectivity index is 1.88. The molecular weight excluding hydrogens is 378 g/mol. The zero-order chi connectivity index (χ0) is 20.1. The number of thiophene rings is 1. The first-order valence-electron chi connectivity index (χ1n) is 8.19. The fourth-order valence-corrected chi connectivity index (χ4v) is 3.53. The van der Waals surface area contributed by atoms with Crippen molar-refractivity contribution in [2.45, 2.75) is 0 Å². The molecule has 3 N–H and O–H groups in total. The van der Waals surface area contributed by atoms with Crippen molar-refractivity contribution in [3.8, 4) is 10.4 Å². The van der Waals surface area contributed by atoms with E-state index in [0.717, 1.165) is 0 Å². The van der Waals surface area contributed by atoms with E-state index in [2.05, 4.69) is 5.32 Å². The Morgan fingerprint density at radius 1 is 0.857 bits per heavy atom. The van der Waals surface area contributed by atoms with Gasteiger partial charge in [0.2, 0.25) is 0 Å². The van der Waals surface area contributed by atoms with Gasteiger partial charge in [-0.15, -0.1) is 11.3 Å². The van der Waals surface area contributed by atoms with E-state index in [1.165, 1.54) is 23.5 Å². The zero-order valence-corrected chi connectivity index (χ0v) is 15.3. The van der Waals surface area contributed by atoms with E-state index < -0.39 is 17.8 Å². The van der Waals surface area contributed by atoms with Crippen molar-refractivity contribution in [3.63, 3.8) is 0 Å². The molecule has 28 heavy (non-hydrogen) atoms. The molecule has 0 fully saturated rings. The highest BCUT2D eigenvalue weighted by molar-refractivity contribution is 7.16. The van der Waals surface area contributed by atoms with E-state index in [1.54, 1.807) is 60.7 Å². The van der Waals surface area contributed by atoms with Crippen molar-refractivity contribution in [1.82, 2.24) is 5.32 Å². The number of rotatable bonds is 6. The summed E-state index contributed by atoms with van der Waals surface area (Å²) in [5.41, 5.74) is 0.784. The summed E-state index contributed by atoms with van der Waals surface area (Å²) in [6.45, 7) is 0. The second-order valence-electron chi connectivity index (χ2n) is 5.74. The SMILES string of the molecule is O=C(O)/C(=C\c1ccc(-c2ccccc2C(=O)O)s1)NC(=O)c1ccccc1. The Morgan fingerprint density at radius 2 is 1.54 bits per heavy atom. The van der Waals surface area contributed by atoms with E-state index in [-0.39, 0.29) is 11.3 Å². The molecule has 0 aliphatic carbocycles. The molecule has 0 aliphatic rings. The van der Waals surface area contributed by atoms with Crippen LogP contribution in [-0.2, 0) is 4.79 Å². The molecule has 0 radical (unpaired) electrons. The maximum atomic E-state index is 12.2. The number of amides is 1. The number of hydrogen-bond donors (Lipinski definition) is 3. The Kier molecular flexibility index (Phi) is 5.67. The van der Waals surface area contributed by atoms with Gasteiger partial charge in [-0.1, -0.05) is 36.4 Å². The lowest BCUT2D eigenvalue weighted by molar-refractivity contribution is -0.132. The fourth-order valence-electron chi connectivity index (χ4n) is 2.54. The van der Waals surface area contributed by atoms with Gasteiger partial charge < -0.3 is 15.5 Å². The average Bonchev–Trinajstić information content (AvgIpc) is 3.16. The lowest BCUT2D eigenvalue weighted by atomic mass is 10.1. The number of nitrogens with one attached hydrogen (secondary N) is 1. The van der Waals surface area contributed by atoms with E-state index >= 15 is 0 Å². The summed E-state index contributed by atoms with van der Waals surface area (Å²) < 4.78 is 0. The summed E-state index contributed by atoms with van der Waals surface area (Å²) in [6, 6.07) is 18.3. The fraction of sp³-hybridized carbons (Fsp3) is 0. The molecule has 0 saturated carbocycles. The minimum absolute atomic E-state index is 0.163. The minimum atomic E-state index is -1.27. The number of aromatic carboxylic acids is 1. The second kappa shape index (κ2) is 8.32. The molecule has 1 heterocycles. The largest absolute Gasteiger partial charge is 0.478 e. The predicted molar refractivity (Wildman–Crippen MR) is 106 cm³/mol. The van der Waals surface area contributed by atoms with Crippen LogP contribution in [0.4, 0.5) is 0 Å². The standard InChI is InChI=1S/C21H15NO5S/c23-19(13-6-2-1-3-7-13)22-17(21(26)27)12-14-10-11-18(28-14)15-8-4-5-9-16(15)20(24)25/h1-12H,(H,22,23)(H,24,25)(H,26,27)/b17-12+. The van der Waals surface area contributed by atoms with Gasteiger partial charge in [-0.3, -0.25) is 4.79 Å². The molecular formula is C21H15NO5S. The van der Waals surface area contributed by atoms with Crippen molar-refractivity contribution in [1.29, 1.82) is 0 Å². The molecule has 1 aromatic heterocycles. The zero-order valence-electron chi connectivity index (χ0n) is 14.5. The van der Waals surface area contributed by atoms with Crippen molar-refractivity contribution in [3.05, 3.63) is 88.4 Å². The molecule has 0 saturated heterocycles. The van der Waals surface area contributed by atoms with Gasteiger partial charge in [-0.05, 0) is 36.4 Å². The van der Waals surface area contributed by atoms with E-state index in [1.807, 2.05) is 0 Å². The lowest BCUT2D eigenvalue weighted by Gasteiger charge is -2.05. The van der Waals surface area contributed by atoms with Gasteiger partial charge in [-0.2, -0.15) is 0 Å². The lowest BCUT2D eigenvalue weighted by Crippen LogP contribution is -2.27. The smallest absolute Gasteiger partial charge is 0.352 e. The van der Waals surface area contributed by atoms with Gasteiger partial charge in [0.15, 0.2) is 0 Å². The van der Waals surface area contributed by atoms with Crippen LogP contribution < -0.4 is 5.32 Å². The Bertz CT molecular complexity index is 1070. The van der Waals surface area contributed by atoms with Crippen molar-refractivity contribution >= 4 is 35.3 Å². The number of carboxylic acids is 2. The number of hydrogen-bond acceptors (Lipinski definition) is 4. The third-order valence-electron chi connectivity index (χ3n) is 3.85. The van der Waals surface area contributed by atoms with E-state index in [9.17, 15) is 24.6 Å². The summed E-state index contributed by atoms with van der Waals surface area (Å²) in [6.07, 6.45) is 1.35.